The number of phenolic OH excluding ortho intramolecular Hbond substituents is 1. The van der Waals surface area contributed by atoms with Crippen molar-refractivity contribution in [1.29, 1.82) is 0 Å². The van der Waals surface area contributed by atoms with E-state index in [0.29, 0.717) is 22.4 Å². The SMILES string of the molecule is CC1=C(C(N)=O)C(=O)[C@@]2(O)C(O)=C3C(=O)c4c(O)c(CNC(=O)CN(C)C)cc(N(C)C)c4C[C@H]3C[C@H]2C1N(C)C. The number of carbonyl (C=O) groups excluding carboxylic acids is 4. The number of anilines is 1. The van der Waals surface area contributed by atoms with Crippen molar-refractivity contribution in [2.24, 2.45) is 17.6 Å². The highest BCUT2D eigenvalue weighted by Gasteiger charge is 2.62. The first-order valence-electron chi connectivity index (χ1n) is 13.4. The summed E-state index contributed by atoms with van der Waals surface area (Å²) < 4.78 is 0. The van der Waals surface area contributed by atoms with E-state index in [4.69, 9.17) is 5.73 Å². The summed E-state index contributed by atoms with van der Waals surface area (Å²) in [4.78, 5) is 57.5. The Kier molecular flexibility index (Phi) is 7.80. The van der Waals surface area contributed by atoms with E-state index in [2.05, 4.69) is 5.32 Å². The van der Waals surface area contributed by atoms with Gasteiger partial charge >= 0.3 is 0 Å². The molecule has 0 aromatic heterocycles. The number of nitrogens with two attached hydrogens (primary N) is 1. The molecule has 0 bridgehead atoms. The highest BCUT2D eigenvalue weighted by atomic mass is 16.3. The van der Waals surface area contributed by atoms with Gasteiger partial charge < -0.3 is 41.1 Å². The molecule has 0 heterocycles. The van der Waals surface area contributed by atoms with Crippen LogP contribution in [-0.4, -0.2) is 109 Å². The summed E-state index contributed by atoms with van der Waals surface area (Å²) in [6, 6.07) is 1.11. The van der Waals surface area contributed by atoms with Gasteiger partial charge in [0, 0.05) is 49.4 Å². The number of nitrogens with one attached hydrogen (secondary N) is 1. The molecule has 0 saturated heterocycles. The lowest BCUT2D eigenvalue weighted by atomic mass is 9.57. The second kappa shape index (κ2) is 10.6. The van der Waals surface area contributed by atoms with Crippen molar-refractivity contribution in [1.82, 2.24) is 15.1 Å². The molecule has 222 valence electrons. The van der Waals surface area contributed by atoms with Gasteiger partial charge in [-0.2, -0.15) is 0 Å². The maximum Gasteiger partial charge on any atom is 0.252 e. The van der Waals surface area contributed by atoms with Crippen molar-refractivity contribution in [3.05, 3.63) is 45.2 Å². The van der Waals surface area contributed by atoms with Crippen LogP contribution < -0.4 is 16.0 Å². The molecule has 0 radical (unpaired) electrons. The normalized spacial score (nSPS) is 25.8. The smallest absolute Gasteiger partial charge is 0.252 e. The third-order valence-electron chi connectivity index (χ3n) is 8.50. The van der Waals surface area contributed by atoms with Gasteiger partial charge in [-0.3, -0.25) is 19.2 Å². The van der Waals surface area contributed by atoms with Crippen LogP contribution in [-0.2, 0) is 27.3 Å². The minimum Gasteiger partial charge on any atom is -0.508 e. The molecule has 0 saturated carbocycles. The number of aromatic hydroxyl groups is 1. The van der Waals surface area contributed by atoms with Crippen LogP contribution >= 0.6 is 0 Å². The number of primary amides is 1. The van der Waals surface area contributed by atoms with Gasteiger partial charge in [0.25, 0.3) is 5.91 Å². The molecular weight excluding hydrogens is 530 g/mol. The van der Waals surface area contributed by atoms with E-state index < -0.39 is 52.3 Å². The lowest BCUT2D eigenvalue weighted by Gasteiger charge is -2.51. The number of hydrogen-bond donors (Lipinski definition) is 5. The molecule has 4 atom stereocenters. The van der Waals surface area contributed by atoms with Gasteiger partial charge in [-0.1, -0.05) is 0 Å². The second-order valence-corrected chi connectivity index (χ2v) is 11.9. The van der Waals surface area contributed by atoms with Crippen LogP contribution in [0, 0.1) is 11.8 Å². The number of likely N-dealkylation sites (N-methyl/N-ethyl adjacent to an activating group) is 2. The first-order valence-corrected chi connectivity index (χ1v) is 13.4. The van der Waals surface area contributed by atoms with Gasteiger partial charge in [-0.05, 0) is 71.1 Å². The maximum atomic E-state index is 14.1. The molecular formula is C29H39N5O7. The Bertz CT molecular complexity index is 1410. The number of rotatable bonds is 7. The number of ketones is 2. The Labute approximate surface area is 239 Å². The summed E-state index contributed by atoms with van der Waals surface area (Å²) in [7, 11) is 10.6. The Hall–Kier alpha value is -3.74. The standard InChI is InChI=1S/C29H39N5O7/c1-13-20(28(30)40)26(38)29(41)17(23(13)34(6)7)9-14-8-16-18(33(4)5)10-15(11-31-19(35)12-32(2)3)24(36)22(16)25(37)21(14)27(29)39/h10,14,17,23,36,39,41H,8-9,11-12H2,1-7H3,(H2,30,40)(H,31,35)/t14-,17-,23?,29+/m0/s1. The molecule has 1 unspecified atom stereocenters. The Morgan fingerprint density at radius 1 is 1.12 bits per heavy atom. The Balaban J connectivity index is 1.88. The molecule has 0 fully saturated rings. The molecule has 41 heavy (non-hydrogen) atoms. The molecule has 12 nitrogen and oxygen atoms in total. The molecule has 6 N–H and O–H groups in total. The average Bonchev–Trinajstić information content (AvgIpc) is 2.84. The van der Waals surface area contributed by atoms with Crippen LogP contribution in [0.5, 0.6) is 5.75 Å². The number of fused-ring (bicyclic) bond motifs is 3. The van der Waals surface area contributed by atoms with Crippen molar-refractivity contribution in [3.63, 3.8) is 0 Å². The molecule has 12 heteroatoms. The minimum absolute atomic E-state index is 0.0462. The second-order valence-electron chi connectivity index (χ2n) is 11.9. The van der Waals surface area contributed by atoms with Crippen LogP contribution in [0.4, 0.5) is 5.69 Å². The summed E-state index contributed by atoms with van der Waals surface area (Å²) in [6.45, 7) is 1.70. The van der Waals surface area contributed by atoms with E-state index in [9.17, 15) is 34.5 Å². The number of aliphatic hydroxyl groups excluding tert-OH is 1. The molecule has 1 aromatic carbocycles. The third-order valence-corrected chi connectivity index (χ3v) is 8.50. The van der Waals surface area contributed by atoms with Crippen molar-refractivity contribution < 1.29 is 34.5 Å². The monoisotopic (exact) mass is 569 g/mol. The van der Waals surface area contributed by atoms with Gasteiger partial charge in [0.2, 0.25) is 11.7 Å². The third kappa shape index (κ3) is 4.69. The number of allylic oxidation sites excluding steroid dienone is 1. The van der Waals surface area contributed by atoms with E-state index in [-0.39, 0.29) is 48.7 Å². The first kappa shape index (κ1) is 30.2. The van der Waals surface area contributed by atoms with E-state index in [1.165, 1.54) is 0 Å². The van der Waals surface area contributed by atoms with Crippen LogP contribution in [0.3, 0.4) is 0 Å². The van der Waals surface area contributed by atoms with Gasteiger partial charge in [0.05, 0.1) is 17.7 Å². The van der Waals surface area contributed by atoms with Crippen molar-refractivity contribution in [3.8, 4) is 5.75 Å². The number of amides is 2. The highest BCUT2D eigenvalue weighted by Crippen LogP contribution is 2.53. The lowest BCUT2D eigenvalue weighted by Crippen LogP contribution is -2.63. The fraction of sp³-hybridized carbons (Fsp3) is 0.517. The molecule has 4 rings (SSSR count). The van der Waals surface area contributed by atoms with Gasteiger partial charge in [0.1, 0.15) is 11.5 Å². The summed E-state index contributed by atoms with van der Waals surface area (Å²) in [5.41, 5.74) is 4.30. The van der Waals surface area contributed by atoms with E-state index in [1.807, 2.05) is 4.90 Å². The largest absolute Gasteiger partial charge is 0.508 e. The Morgan fingerprint density at radius 2 is 1.76 bits per heavy atom. The fourth-order valence-electron chi connectivity index (χ4n) is 6.81. The number of aliphatic hydroxyl groups is 2. The van der Waals surface area contributed by atoms with Gasteiger partial charge in [-0.25, -0.2) is 0 Å². The van der Waals surface area contributed by atoms with Crippen LogP contribution in [0.2, 0.25) is 0 Å². The zero-order valence-corrected chi connectivity index (χ0v) is 24.5. The quantitative estimate of drug-likeness (QED) is 0.278. The predicted octanol–water partition coefficient (Wildman–Crippen LogP) is -0.131. The number of carbonyl (C=O) groups is 4. The first-order chi connectivity index (χ1) is 19.0. The molecule has 2 amide bonds. The Morgan fingerprint density at radius 3 is 2.29 bits per heavy atom. The van der Waals surface area contributed by atoms with Gasteiger partial charge in [-0.15, -0.1) is 0 Å². The molecule has 3 aliphatic rings. The van der Waals surface area contributed by atoms with E-state index >= 15 is 0 Å². The highest BCUT2D eigenvalue weighted by molar-refractivity contribution is 6.25. The van der Waals surface area contributed by atoms with Crippen LogP contribution in [0.1, 0.15) is 34.8 Å². The predicted molar refractivity (Wildman–Crippen MR) is 151 cm³/mol. The minimum atomic E-state index is -2.55. The topological polar surface area (TPSA) is 177 Å². The van der Waals surface area contributed by atoms with E-state index in [1.54, 1.807) is 65.1 Å². The summed E-state index contributed by atoms with van der Waals surface area (Å²) in [5.74, 6) is -5.64. The number of Topliss-reactive ketones (excluding diaryl/α,β-unsaturated/α-hetero) is 2. The number of benzene rings is 1. The molecule has 1 aromatic rings. The van der Waals surface area contributed by atoms with Crippen LogP contribution in [0.15, 0.2) is 28.5 Å². The van der Waals surface area contributed by atoms with Crippen molar-refractivity contribution in [2.75, 3.05) is 53.7 Å². The molecule has 3 aliphatic carbocycles. The zero-order chi connectivity index (χ0) is 30.7. The van der Waals surface area contributed by atoms with Gasteiger partial charge in [0.15, 0.2) is 11.4 Å². The summed E-state index contributed by atoms with van der Waals surface area (Å²) >= 11 is 0. The zero-order valence-electron chi connectivity index (χ0n) is 24.5. The van der Waals surface area contributed by atoms with E-state index in [0.717, 1.165) is 0 Å². The number of nitrogens with zero attached hydrogens (tertiary/aromatic N) is 3. The number of phenols is 1. The van der Waals surface area contributed by atoms with Crippen LogP contribution in [0.25, 0.3) is 0 Å². The maximum absolute atomic E-state index is 14.1. The average molecular weight is 570 g/mol. The van der Waals surface area contributed by atoms with Crippen molar-refractivity contribution >= 4 is 29.1 Å². The summed E-state index contributed by atoms with van der Waals surface area (Å²) in [6.07, 6.45) is 0.413. The fourth-order valence-corrected chi connectivity index (χ4v) is 6.81. The molecule has 0 spiro atoms. The van der Waals surface area contributed by atoms with Crippen molar-refractivity contribution in [2.45, 2.75) is 38.0 Å². The molecule has 0 aliphatic heterocycles. The lowest BCUT2D eigenvalue weighted by molar-refractivity contribution is -0.146. The number of hydrogen-bond acceptors (Lipinski definition) is 10. The summed E-state index contributed by atoms with van der Waals surface area (Å²) in [5, 5.41) is 37.4.